The Balaban J connectivity index is 1.87. The van der Waals surface area contributed by atoms with Gasteiger partial charge in [-0.25, -0.2) is 0 Å². The summed E-state index contributed by atoms with van der Waals surface area (Å²) in [5.41, 5.74) is 2.15. The molecule has 3 aromatic rings. The van der Waals surface area contributed by atoms with Crippen LogP contribution in [-0.4, -0.2) is 36.2 Å². The van der Waals surface area contributed by atoms with E-state index < -0.39 is 5.97 Å². The second kappa shape index (κ2) is 8.11. The minimum Gasteiger partial charge on any atom is -0.496 e. The lowest BCUT2D eigenvalue weighted by molar-refractivity contribution is -0.143. The summed E-state index contributed by atoms with van der Waals surface area (Å²) in [5.74, 6) is -0.315. The summed E-state index contributed by atoms with van der Waals surface area (Å²) in [6.45, 7) is 1.36. The lowest BCUT2D eigenvalue weighted by atomic mass is 9.91. The minimum absolute atomic E-state index is 0.105. The minimum atomic E-state index is -0.725. The average molecular weight is 416 g/mol. The average Bonchev–Trinajstić information content (AvgIpc) is 3.13. The van der Waals surface area contributed by atoms with Gasteiger partial charge in [-0.3, -0.25) is 9.69 Å². The normalized spacial score (nSPS) is 18.9. The first-order valence-electron chi connectivity index (χ1n) is 9.35. The largest absolute Gasteiger partial charge is 0.496 e. The summed E-state index contributed by atoms with van der Waals surface area (Å²) >= 11 is 8.06. The molecule has 0 bridgehead atoms. The number of carboxylic acid groups (broad SMARTS) is 1. The van der Waals surface area contributed by atoms with Gasteiger partial charge in [-0.1, -0.05) is 29.8 Å². The van der Waals surface area contributed by atoms with E-state index in [2.05, 4.69) is 22.4 Å². The molecule has 1 N–H and O–H groups in total. The van der Waals surface area contributed by atoms with Gasteiger partial charge < -0.3 is 9.84 Å². The van der Waals surface area contributed by atoms with Crippen molar-refractivity contribution >= 4 is 39.0 Å². The van der Waals surface area contributed by atoms with Gasteiger partial charge in [0.1, 0.15) is 5.75 Å². The maximum atomic E-state index is 11.7. The van der Waals surface area contributed by atoms with Gasteiger partial charge in [-0.05, 0) is 60.0 Å². The Hall–Kier alpha value is -2.08. The van der Waals surface area contributed by atoms with Crippen molar-refractivity contribution in [3.05, 3.63) is 64.0 Å². The van der Waals surface area contributed by atoms with E-state index >= 15 is 0 Å². The third-order valence-corrected chi connectivity index (χ3v) is 6.68. The van der Waals surface area contributed by atoms with Crippen LogP contribution < -0.4 is 4.74 Å². The maximum absolute atomic E-state index is 11.7. The zero-order chi connectivity index (χ0) is 19.7. The molecule has 0 saturated carbocycles. The molecule has 28 heavy (non-hydrogen) atoms. The third kappa shape index (κ3) is 3.62. The van der Waals surface area contributed by atoms with Crippen LogP contribution in [0.4, 0.5) is 0 Å². The summed E-state index contributed by atoms with van der Waals surface area (Å²) in [4.78, 5) is 13.9. The molecule has 2 aromatic carbocycles. The van der Waals surface area contributed by atoms with Crippen molar-refractivity contribution in [2.75, 3.05) is 20.2 Å². The SMILES string of the molecule is COc1ccc(Cl)cc1C(c1csc2ccccc12)N1CCCC(C(=O)O)C1. The molecule has 1 fully saturated rings. The van der Waals surface area contributed by atoms with Crippen LogP contribution in [0.5, 0.6) is 5.75 Å². The van der Waals surface area contributed by atoms with E-state index in [-0.39, 0.29) is 12.0 Å². The van der Waals surface area contributed by atoms with Gasteiger partial charge in [0.15, 0.2) is 0 Å². The topological polar surface area (TPSA) is 49.8 Å². The number of piperidine rings is 1. The van der Waals surface area contributed by atoms with Crippen LogP contribution in [0.2, 0.25) is 5.02 Å². The second-order valence-corrected chi connectivity index (χ2v) is 8.50. The molecule has 0 spiro atoms. The molecule has 1 saturated heterocycles. The molecule has 0 amide bonds. The van der Waals surface area contributed by atoms with E-state index in [1.54, 1.807) is 18.4 Å². The number of nitrogens with zero attached hydrogens (tertiary/aromatic N) is 1. The lowest BCUT2D eigenvalue weighted by Gasteiger charge is -2.38. The van der Waals surface area contributed by atoms with E-state index in [4.69, 9.17) is 16.3 Å². The molecule has 0 radical (unpaired) electrons. The highest BCUT2D eigenvalue weighted by Crippen LogP contribution is 2.42. The van der Waals surface area contributed by atoms with Crippen LogP contribution in [0.25, 0.3) is 10.1 Å². The van der Waals surface area contributed by atoms with Crippen molar-refractivity contribution in [1.29, 1.82) is 0 Å². The van der Waals surface area contributed by atoms with Crippen LogP contribution >= 0.6 is 22.9 Å². The summed E-state index contributed by atoms with van der Waals surface area (Å²) in [5, 5.41) is 13.6. The van der Waals surface area contributed by atoms with Crippen LogP contribution in [0.1, 0.15) is 30.0 Å². The summed E-state index contributed by atoms with van der Waals surface area (Å²) < 4.78 is 6.88. The molecular weight excluding hydrogens is 394 g/mol. The first-order chi connectivity index (χ1) is 13.6. The number of fused-ring (bicyclic) bond motifs is 1. The molecule has 2 unspecified atom stereocenters. The fourth-order valence-corrected chi connectivity index (χ4v) is 5.29. The van der Waals surface area contributed by atoms with E-state index in [1.807, 2.05) is 30.3 Å². The molecule has 2 heterocycles. The molecule has 1 aliphatic rings. The molecule has 1 aromatic heterocycles. The molecule has 2 atom stereocenters. The Morgan fingerprint density at radius 3 is 2.89 bits per heavy atom. The highest BCUT2D eigenvalue weighted by Gasteiger charge is 2.33. The Bertz CT molecular complexity index is 1000. The van der Waals surface area contributed by atoms with Gasteiger partial charge in [0.2, 0.25) is 0 Å². The summed E-state index contributed by atoms with van der Waals surface area (Å²) in [6, 6.07) is 13.9. The first kappa shape index (κ1) is 19.2. The monoisotopic (exact) mass is 415 g/mol. The smallest absolute Gasteiger partial charge is 0.307 e. The summed E-state index contributed by atoms with van der Waals surface area (Å²) in [6.07, 6.45) is 1.58. The molecular formula is C22H22ClNO3S. The number of methoxy groups -OCH3 is 1. The van der Waals surface area contributed by atoms with Crippen molar-refractivity contribution in [1.82, 2.24) is 4.90 Å². The Morgan fingerprint density at radius 2 is 2.11 bits per heavy atom. The maximum Gasteiger partial charge on any atom is 0.307 e. The number of carboxylic acids is 1. The number of halogens is 1. The van der Waals surface area contributed by atoms with Crippen LogP contribution in [-0.2, 0) is 4.79 Å². The number of hydrogen-bond donors (Lipinski definition) is 1. The Morgan fingerprint density at radius 1 is 1.29 bits per heavy atom. The van der Waals surface area contributed by atoms with Crippen LogP contribution in [0.3, 0.4) is 0 Å². The number of thiophene rings is 1. The van der Waals surface area contributed by atoms with E-state index in [0.29, 0.717) is 11.6 Å². The standard InChI is InChI=1S/C22H22ClNO3S/c1-27-19-9-8-15(23)11-17(19)21(24-10-4-5-14(12-24)22(25)26)18-13-28-20-7-3-2-6-16(18)20/h2-3,6-9,11,13-14,21H,4-5,10,12H2,1H3,(H,25,26). The van der Waals surface area contributed by atoms with Gasteiger partial charge in [-0.15, -0.1) is 11.3 Å². The van der Waals surface area contributed by atoms with Crippen LogP contribution in [0, 0.1) is 5.92 Å². The van der Waals surface area contributed by atoms with Gasteiger partial charge in [0.25, 0.3) is 0 Å². The zero-order valence-corrected chi connectivity index (χ0v) is 17.2. The van der Waals surface area contributed by atoms with Crippen molar-refractivity contribution in [2.24, 2.45) is 5.92 Å². The van der Waals surface area contributed by atoms with E-state index in [1.165, 1.54) is 15.6 Å². The number of ether oxygens (including phenoxy) is 1. The molecule has 1 aliphatic heterocycles. The molecule has 4 nitrogen and oxygen atoms in total. The predicted molar refractivity (Wildman–Crippen MR) is 114 cm³/mol. The zero-order valence-electron chi connectivity index (χ0n) is 15.6. The lowest BCUT2D eigenvalue weighted by Crippen LogP contribution is -2.41. The highest BCUT2D eigenvalue weighted by molar-refractivity contribution is 7.17. The van der Waals surface area contributed by atoms with E-state index in [0.717, 1.165) is 30.7 Å². The fraction of sp³-hybridized carbons (Fsp3) is 0.318. The number of benzene rings is 2. The number of carbonyl (C=O) groups is 1. The first-order valence-corrected chi connectivity index (χ1v) is 10.6. The van der Waals surface area contributed by atoms with Crippen molar-refractivity contribution < 1.29 is 14.6 Å². The number of hydrogen-bond acceptors (Lipinski definition) is 4. The number of likely N-dealkylation sites (tertiary alicyclic amines) is 1. The predicted octanol–water partition coefficient (Wildman–Crippen LogP) is 5.45. The molecule has 4 rings (SSSR count). The fourth-order valence-electron chi connectivity index (χ4n) is 4.13. The quantitative estimate of drug-likeness (QED) is 0.602. The van der Waals surface area contributed by atoms with E-state index in [9.17, 15) is 9.90 Å². The van der Waals surface area contributed by atoms with Crippen molar-refractivity contribution in [3.8, 4) is 5.75 Å². The second-order valence-electron chi connectivity index (χ2n) is 7.15. The molecule has 0 aliphatic carbocycles. The summed E-state index contributed by atoms with van der Waals surface area (Å²) in [7, 11) is 1.66. The number of rotatable bonds is 5. The van der Waals surface area contributed by atoms with Crippen molar-refractivity contribution in [2.45, 2.75) is 18.9 Å². The number of aliphatic carboxylic acids is 1. The highest BCUT2D eigenvalue weighted by atomic mass is 35.5. The molecule has 6 heteroatoms. The Kier molecular flexibility index (Phi) is 5.58. The van der Waals surface area contributed by atoms with Gasteiger partial charge in [0.05, 0.1) is 19.1 Å². The molecule has 146 valence electrons. The van der Waals surface area contributed by atoms with Crippen molar-refractivity contribution in [3.63, 3.8) is 0 Å². The van der Waals surface area contributed by atoms with Gasteiger partial charge >= 0.3 is 5.97 Å². The van der Waals surface area contributed by atoms with Gasteiger partial charge in [-0.2, -0.15) is 0 Å². The Labute approximate surface area is 173 Å². The van der Waals surface area contributed by atoms with Gasteiger partial charge in [0, 0.05) is 21.8 Å². The van der Waals surface area contributed by atoms with Crippen LogP contribution in [0.15, 0.2) is 47.8 Å². The third-order valence-electron chi connectivity index (χ3n) is 5.46.